The van der Waals surface area contributed by atoms with Gasteiger partial charge in [-0.2, -0.15) is 0 Å². The zero-order valence-corrected chi connectivity index (χ0v) is 18.7. The van der Waals surface area contributed by atoms with E-state index in [9.17, 15) is 19.8 Å². The van der Waals surface area contributed by atoms with Crippen LogP contribution in [-0.4, -0.2) is 59.4 Å². The van der Waals surface area contributed by atoms with E-state index in [0.717, 1.165) is 11.4 Å². The molecular formula is C24H28N4O4. The fourth-order valence-electron chi connectivity index (χ4n) is 3.60. The number of anilines is 2. The molecule has 0 spiro atoms. The highest BCUT2D eigenvalue weighted by molar-refractivity contribution is 6.33. The molecule has 0 aliphatic heterocycles. The smallest absolute Gasteiger partial charge is 0.200 e. The third kappa shape index (κ3) is 4.64. The molecule has 2 aromatic carbocycles. The fraction of sp³-hybridized carbons (Fsp3) is 0.333. The lowest BCUT2D eigenvalue weighted by molar-refractivity contribution is 0.0975. The largest absolute Gasteiger partial charge is 0.507 e. The number of ketones is 2. The van der Waals surface area contributed by atoms with Crippen molar-refractivity contribution in [2.75, 3.05) is 36.8 Å². The molecule has 2 aromatic rings. The first-order valence-electron chi connectivity index (χ1n) is 10.5. The van der Waals surface area contributed by atoms with Crippen LogP contribution in [-0.2, 0) is 0 Å². The SMILES string of the molecule is CC(C)=NCCNc1ccc(NCCN=C(C)C)c2c1C(=O)c1c(O)ccc(O)c1C2=O. The Morgan fingerprint density at radius 3 is 1.41 bits per heavy atom. The quantitative estimate of drug-likeness (QED) is 0.243. The Kier molecular flexibility index (Phi) is 6.92. The number of carbonyl (C=O) groups excluding carboxylic acids is 2. The topological polar surface area (TPSA) is 123 Å². The molecule has 32 heavy (non-hydrogen) atoms. The van der Waals surface area contributed by atoms with Crippen molar-refractivity contribution >= 4 is 34.4 Å². The molecule has 0 unspecified atom stereocenters. The van der Waals surface area contributed by atoms with Gasteiger partial charge in [-0.15, -0.1) is 0 Å². The highest BCUT2D eigenvalue weighted by atomic mass is 16.3. The molecule has 0 saturated carbocycles. The average molecular weight is 437 g/mol. The summed E-state index contributed by atoms with van der Waals surface area (Å²) in [5, 5.41) is 27.0. The number of phenols is 2. The summed E-state index contributed by atoms with van der Waals surface area (Å²) < 4.78 is 0. The van der Waals surface area contributed by atoms with Crippen LogP contribution in [0.2, 0.25) is 0 Å². The maximum Gasteiger partial charge on any atom is 0.200 e. The van der Waals surface area contributed by atoms with Crippen molar-refractivity contribution in [1.29, 1.82) is 0 Å². The molecule has 1 aliphatic carbocycles. The molecule has 0 atom stereocenters. The van der Waals surface area contributed by atoms with Crippen molar-refractivity contribution < 1.29 is 19.8 Å². The van der Waals surface area contributed by atoms with Crippen molar-refractivity contribution in [3.8, 4) is 11.5 Å². The molecule has 0 aromatic heterocycles. The van der Waals surface area contributed by atoms with Crippen molar-refractivity contribution in [2.45, 2.75) is 27.7 Å². The van der Waals surface area contributed by atoms with Crippen LogP contribution in [0.25, 0.3) is 0 Å². The number of nitrogens with zero attached hydrogens (tertiary/aromatic N) is 2. The predicted molar refractivity (Wildman–Crippen MR) is 127 cm³/mol. The second-order valence-electron chi connectivity index (χ2n) is 7.93. The Labute approximate surface area is 187 Å². The zero-order valence-electron chi connectivity index (χ0n) is 18.7. The molecule has 0 heterocycles. The summed E-state index contributed by atoms with van der Waals surface area (Å²) in [7, 11) is 0. The van der Waals surface area contributed by atoms with E-state index in [1.807, 2.05) is 27.7 Å². The van der Waals surface area contributed by atoms with Gasteiger partial charge >= 0.3 is 0 Å². The van der Waals surface area contributed by atoms with E-state index in [2.05, 4.69) is 20.6 Å². The molecule has 0 bridgehead atoms. The Hall–Kier alpha value is -3.68. The Balaban J connectivity index is 2.06. The van der Waals surface area contributed by atoms with E-state index < -0.39 is 11.6 Å². The van der Waals surface area contributed by atoms with E-state index in [-0.39, 0.29) is 33.8 Å². The number of rotatable bonds is 8. The summed E-state index contributed by atoms with van der Waals surface area (Å²) in [6, 6.07) is 5.88. The molecule has 1 aliphatic rings. The van der Waals surface area contributed by atoms with Crippen LogP contribution in [0.3, 0.4) is 0 Å². The number of aromatic hydroxyl groups is 2. The third-order valence-corrected chi connectivity index (χ3v) is 4.99. The van der Waals surface area contributed by atoms with Crippen molar-refractivity contribution in [3.05, 3.63) is 46.5 Å². The first-order chi connectivity index (χ1) is 15.2. The minimum absolute atomic E-state index is 0.167. The van der Waals surface area contributed by atoms with Gasteiger partial charge in [-0.05, 0) is 52.0 Å². The van der Waals surface area contributed by atoms with E-state index in [1.165, 1.54) is 12.1 Å². The summed E-state index contributed by atoms with van der Waals surface area (Å²) in [6.07, 6.45) is 0. The van der Waals surface area contributed by atoms with Crippen LogP contribution in [0.15, 0.2) is 34.3 Å². The lowest BCUT2D eigenvalue weighted by Crippen LogP contribution is -2.25. The Morgan fingerprint density at radius 2 is 1.06 bits per heavy atom. The van der Waals surface area contributed by atoms with Crippen molar-refractivity contribution in [3.63, 3.8) is 0 Å². The Morgan fingerprint density at radius 1 is 0.688 bits per heavy atom. The standard InChI is InChI=1S/C24H28N4O4/c1-13(2)25-9-11-27-15-5-6-16(28-12-10-26-14(3)4)20-19(15)23(31)21-17(29)7-8-18(30)22(21)24(20)32/h5-8,27-30H,9-12H2,1-4H3. The molecule has 0 amide bonds. The highest BCUT2D eigenvalue weighted by Crippen LogP contribution is 2.42. The number of hydrogen-bond donors (Lipinski definition) is 4. The van der Waals surface area contributed by atoms with Gasteiger partial charge in [-0.25, -0.2) is 0 Å². The van der Waals surface area contributed by atoms with Gasteiger partial charge in [0.2, 0.25) is 11.6 Å². The molecule has 8 heteroatoms. The van der Waals surface area contributed by atoms with Gasteiger partial charge < -0.3 is 20.8 Å². The zero-order chi connectivity index (χ0) is 23.4. The summed E-state index contributed by atoms with van der Waals surface area (Å²) in [6.45, 7) is 9.57. The maximum absolute atomic E-state index is 13.4. The lowest BCUT2D eigenvalue weighted by atomic mass is 9.81. The third-order valence-electron chi connectivity index (χ3n) is 4.99. The number of nitrogens with one attached hydrogen (secondary N) is 2. The second-order valence-corrected chi connectivity index (χ2v) is 7.93. The van der Waals surface area contributed by atoms with E-state index in [4.69, 9.17) is 0 Å². The average Bonchev–Trinajstić information content (AvgIpc) is 2.73. The number of aliphatic imine (C=N–C) groups is 2. The first-order valence-corrected chi connectivity index (χ1v) is 10.5. The van der Waals surface area contributed by atoms with E-state index in [0.29, 0.717) is 37.6 Å². The van der Waals surface area contributed by atoms with Gasteiger partial charge in [0.25, 0.3) is 0 Å². The number of benzene rings is 2. The van der Waals surface area contributed by atoms with Crippen LogP contribution in [0.1, 0.15) is 59.5 Å². The summed E-state index contributed by atoms with van der Waals surface area (Å²) in [4.78, 5) is 35.5. The van der Waals surface area contributed by atoms with Gasteiger partial charge in [0.15, 0.2) is 0 Å². The van der Waals surface area contributed by atoms with Crippen LogP contribution in [0.5, 0.6) is 11.5 Å². The fourth-order valence-corrected chi connectivity index (χ4v) is 3.60. The minimum Gasteiger partial charge on any atom is -0.507 e. The van der Waals surface area contributed by atoms with Crippen LogP contribution in [0.4, 0.5) is 11.4 Å². The minimum atomic E-state index is -0.522. The molecular weight excluding hydrogens is 408 g/mol. The van der Waals surface area contributed by atoms with Crippen molar-refractivity contribution in [1.82, 2.24) is 0 Å². The molecule has 0 fully saturated rings. The predicted octanol–water partition coefficient (Wildman–Crippen LogP) is 3.66. The van der Waals surface area contributed by atoms with Gasteiger partial charge in [-0.3, -0.25) is 19.6 Å². The number of carbonyl (C=O) groups is 2. The van der Waals surface area contributed by atoms with Gasteiger partial charge in [0, 0.05) is 35.9 Å². The number of fused-ring (bicyclic) bond motifs is 2. The molecule has 0 saturated heterocycles. The monoisotopic (exact) mass is 436 g/mol. The van der Waals surface area contributed by atoms with Crippen LogP contribution < -0.4 is 10.6 Å². The molecule has 4 N–H and O–H groups in total. The highest BCUT2D eigenvalue weighted by Gasteiger charge is 2.37. The van der Waals surface area contributed by atoms with Crippen LogP contribution >= 0.6 is 0 Å². The summed E-state index contributed by atoms with van der Waals surface area (Å²) >= 11 is 0. The van der Waals surface area contributed by atoms with Gasteiger partial charge in [-0.1, -0.05) is 0 Å². The molecule has 8 nitrogen and oxygen atoms in total. The van der Waals surface area contributed by atoms with E-state index >= 15 is 0 Å². The molecule has 0 radical (unpaired) electrons. The van der Waals surface area contributed by atoms with Gasteiger partial charge in [0.05, 0.1) is 35.3 Å². The number of hydrogen-bond acceptors (Lipinski definition) is 8. The lowest BCUT2D eigenvalue weighted by Gasteiger charge is -2.24. The summed E-state index contributed by atoms with van der Waals surface area (Å²) in [5.74, 6) is -1.73. The van der Waals surface area contributed by atoms with Gasteiger partial charge in [0.1, 0.15) is 11.5 Å². The van der Waals surface area contributed by atoms with Crippen LogP contribution in [0, 0.1) is 0 Å². The maximum atomic E-state index is 13.4. The first kappa shape index (κ1) is 23.0. The molecule has 3 rings (SSSR count). The Bertz CT molecular complexity index is 1040. The molecule has 168 valence electrons. The summed E-state index contributed by atoms with van der Waals surface area (Å²) in [5.41, 5.74) is 2.81. The second kappa shape index (κ2) is 9.64. The van der Waals surface area contributed by atoms with Crippen molar-refractivity contribution in [2.24, 2.45) is 9.98 Å². The van der Waals surface area contributed by atoms with E-state index in [1.54, 1.807) is 12.1 Å². The number of phenolic OH excluding ortho intramolecular Hbond substituents is 2. The normalized spacial score (nSPS) is 12.0.